The fraction of sp³-hybridized carbons (Fsp3) is 0.619. The van der Waals surface area contributed by atoms with Crippen LogP contribution in [-0.4, -0.2) is 83.8 Å². The lowest BCUT2D eigenvalue weighted by Gasteiger charge is -2.43. The van der Waals surface area contributed by atoms with Crippen molar-refractivity contribution < 1.29 is 23.9 Å². The van der Waals surface area contributed by atoms with Crippen LogP contribution < -0.4 is 10.3 Å². The van der Waals surface area contributed by atoms with Gasteiger partial charge in [0.25, 0.3) is 5.91 Å². The summed E-state index contributed by atoms with van der Waals surface area (Å²) < 4.78 is 10.3. The summed E-state index contributed by atoms with van der Waals surface area (Å²) in [4.78, 5) is 45.3. The van der Waals surface area contributed by atoms with Gasteiger partial charge in [0.1, 0.15) is 12.1 Å². The second-order valence-electron chi connectivity index (χ2n) is 8.76. The van der Waals surface area contributed by atoms with Crippen molar-refractivity contribution in [2.45, 2.75) is 51.3 Å². The molecule has 2 aliphatic heterocycles. The van der Waals surface area contributed by atoms with E-state index in [4.69, 9.17) is 9.47 Å². The summed E-state index contributed by atoms with van der Waals surface area (Å²) in [5, 5.41) is 1.33. The lowest BCUT2D eigenvalue weighted by molar-refractivity contribution is -0.162. The predicted molar refractivity (Wildman–Crippen MR) is 113 cm³/mol. The van der Waals surface area contributed by atoms with Crippen molar-refractivity contribution >= 4 is 23.7 Å². The molecule has 3 heterocycles. The third kappa shape index (κ3) is 5.84. The van der Waals surface area contributed by atoms with Crippen molar-refractivity contribution in [3.63, 3.8) is 0 Å². The Hall–Kier alpha value is -2.88. The number of hydrazine groups is 1. The highest BCUT2D eigenvalue weighted by Crippen LogP contribution is 2.21. The van der Waals surface area contributed by atoms with Crippen molar-refractivity contribution in [1.29, 1.82) is 0 Å². The summed E-state index contributed by atoms with van der Waals surface area (Å²) in [6.07, 6.45) is 4.51. The Morgan fingerprint density at radius 1 is 1.16 bits per heavy atom. The molecular formula is C21H31N5O5. The third-order valence-corrected chi connectivity index (χ3v) is 5.27. The number of rotatable bonds is 4. The van der Waals surface area contributed by atoms with Crippen molar-refractivity contribution in [2.24, 2.45) is 0 Å². The summed E-state index contributed by atoms with van der Waals surface area (Å²) in [5.41, 5.74) is 3.64. The first-order valence-corrected chi connectivity index (χ1v) is 10.5. The number of pyridine rings is 1. The van der Waals surface area contributed by atoms with Gasteiger partial charge in [0.2, 0.25) is 0 Å². The van der Waals surface area contributed by atoms with E-state index in [-0.39, 0.29) is 25.0 Å². The number of nitrogens with one attached hydrogen (secondary N) is 1. The van der Waals surface area contributed by atoms with Gasteiger partial charge in [-0.25, -0.2) is 15.0 Å². The number of hydrogen-bond donors (Lipinski definition) is 1. The van der Waals surface area contributed by atoms with Gasteiger partial charge in [0, 0.05) is 37.2 Å². The van der Waals surface area contributed by atoms with E-state index in [9.17, 15) is 14.4 Å². The maximum absolute atomic E-state index is 12.9. The Bertz CT molecular complexity index is 789. The Balaban J connectivity index is 1.63. The molecule has 2 amide bonds. The van der Waals surface area contributed by atoms with Crippen LogP contribution in [-0.2, 0) is 19.1 Å². The molecule has 0 aliphatic carbocycles. The molecule has 0 bridgehead atoms. The molecule has 1 N–H and O–H groups in total. The molecule has 1 aromatic heterocycles. The summed E-state index contributed by atoms with van der Waals surface area (Å²) in [6, 6.07) is 3.04. The van der Waals surface area contributed by atoms with Gasteiger partial charge in [-0.3, -0.25) is 19.7 Å². The maximum Gasteiger partial charge on any atom is 0.410 e. The highest BCUT2D eigenvalue weighted by atomic mass is 16.6. The number of hydrogen-bond acceptors (Lipinski definition) is 8. The quantitative estimate of drug-likeness (QED) is 0.706. The summed E-state index contributed by atoms with van der Waals surface area (Å²) in [7, 11) is 1.27. The topological polar surface area (TPSA) is 104 Å². The first kappa shape index (κ1) is 22.8. The van der Waals surface area contributed by atoms with Gasteiger partial charge in [-0.1, -0.05) is 0 Å². The summed E-state index contributed by atoms with van der Waals surface area (Å²) in [5.74, 6) is -0.951. The lowest BCUT2D eigenvalue weighted by Crippen LogP contribution is -2.67. The smallest absolute Gasteiger partial charge is 0.410 e. The van der Waals surface area contributed by atoms with Gasteiger partial charge in [0.05, 0.1) is 13.7 Å². The molecule has 1 unspecified atom stereocenters. The van der Waals surface area contributed by atoms with Crippen LogP contribution >= 0.6 is 0 Å². The first-order chi connectivity index (χ1) is 14.7. The van der Waals surface area contributed by atoms with Crippen LogP contribution in [0.2, 0.25) is 0 Å². The van der Waals surface area contributed by atoms with E-state index < -0.39 is 23.7 Å². The second-order valence-corrected chi connectivity index (χ2v) is 8.76. The van der Waals surface area contributed by atoms with Gasteiger partial charge in [-0.05, 0) is 45.7 Å². The van der Waals surface area contributed by atoms with Crippen molar-refractivity contribution in [3.05, 3.63) is 24.5 Å². The normalized spacial score (nSPS) is 20.6. The van der Waals surface area contributed by atoms with E-state index in [2.05, 4.69) is 15.3 Å². The Morgan fingerprint density at radius 2 is 1.81 bits per heavy atom. The van der Waals surface area contributed by atoms with E-state index in [1.54, 1.807) is 33.2 Å². The average molecular weight is 434 g/mol. The molecule has 10 heteroatoms. The van der Waals surface area contributed by atoms with E-state index in [0.717, 1.165) is 31.6 Å². The molecule has 1 atom stereocenters. The predicted octanol–water partition coefficient (Wildman–Crippen LogP) is 1.18. The standard InChI is InChI=1S/C21H31N5O5/c1-21(2,3)31-20(29)25-13-17(19(28)30-4)26(18(27)14-25)23-15-7-11-24(12-8-15)16-5-9-22-10-6-16/h5-6,9-10,15,17,23H,7-8,11-14H2,1-4H3. The van der Waals surface area contributed by atoms with Crippen molar-refractivity contribution in [3.8, 4) is 0 Å². The highest BCUT2D eigenvalue weighted by molar-refractivity contribution is 5.89. The van der Waals surface area contributed by atoms with E-state index in [1.807, 2.05) is 12.1 Å². The number of aromatic nitrogens is 1. The minimum Gasteiger partial charge on any atom is -0.467 e. The zero-order valence-corrected chi connectivity index (χ0v) is 18.5. The minimum absolute atomic E-state index is 0.0101. The van der Waals surface area contributed by atoms with Gasteiger partial charge >= 0.3 is 12.1 Å². The van der Waals surface area contributed by atoms with Crippen LogP contribution in [0.5, 0.6) is 0 Å². The average Bonchev–Trinajstić information content (AvgIpc) is 2.74. The van der Waals surface area contributed by atoms with Gasteiger partial charge in [-0.2, -0.15) is 0 Å². The van der Waals surface area contributed by atoms with Crippen LogP contribution in [0.4, 0.5) is 10.5 Å². The Morgan fingerprint density at radius 3 is 2.39 bits per heavy atom. The monoisotopic (exact) mass is 433 g/mol. The van der Waals surface area contributed by atoms with Crippen LogP contribution in [0, 0.1) is 0 Å². The lowest BCUT2D eigenvalue weighted by atomic mass is 10.0. The van der Waals surface area contributed by atoms with Crippen LogP contribution in [0.1, 0.15) is 33.6 Å². The fourth-order valence-corrected chi connectivity index (χ4v) is 3.73. The molecule has 1 aromatic rings. The van der Waals surface area contributed by atoms with Crippen molar-refractivity contribution in [1.82, 2.24) is 20.3 Å². The number of methoxy groups -OCH3 is 1. The molecule has 0 saturated carbocycles. The Labute approximate surface area is 182 Å². The molecule has 2 saturated heterocycles. The minimum atomic E-state index is -0.933. The molecule has 3 rings (SSSR count). The number of ether oxygens (including phenoxy) is 2. The number of esters is 1. The van der Waals surface area contributed by atoms with E-state index >= 15 is 0 Å². The number of anilines is 1. The van der Waals surface area contributed by atoms with Crippen LogP contribution in [0.3, 0.4) is 0 Å². The largest absolute Gasteiger partial charge is 0.467 e. The number of nitrogens with zero attached hydrogens (tertiary/aromatic N) is 4. The molecule has 170 valence electrons. The number of amides is 2. The first-order valence-electron chi connectivity index (χ1n) is 10.5. The summed E-state index contributed by atoms with van der Waals surface area (Å²) >= 11 is 0. The van der Waals surface area contributed by atoms with Gasteiger partial charge in [0.15, 0.2) is 6.04 Å². The molecule has 0 spiro atoms. The zero-order chi connectivity index (χ0) is 22.6. The molecule has 2 fully saturated rings. The van der Waals surface area contributed by atoms with Crippen LogP contribution in [0.25, 0.3) is 0 Å². The molecule has 31 heavy (non-hydrogen) atoms. The van der Waals surface area contributed by atoms with E-state index in [0.29, 0.717) is 0 Å². The second kappa shape index (κ2) is 9.51. The van der Waals surface area contributed by atoms with Crippen molar-refractivity contribution in [2.75, 3.05) is 38.2 Å². The number of piperidine rings is 1. The zero-order valence-electron chi connectivity index (χ0n) is 18.5. The molecule has 0 aromatic carbocycles. The van der Waals surface area contributed by atoms with E-state index in [1.165, 1.54) is 17.0 Å². The van der Waals surface area contributed by atoms with Crippen LogP contribution in [0.15, 0.2) is 24.5 Å². The molecule has 10 nitrogen and oxygen atoms in total. The SMILES string of the molecule is COC(=O)C1CN(C(=O)OC(C)(C)C)CC(=O)N1NC1CCN(c2ccncc2)CC1. The van der Waals surface area contributed by atoms with Gasteiger partial charge in [-0.15, -0.1) is 0 Å². The number of carbonyl (C=O) groups is 3. The van der Waals surface area contributed by atoms with Gasteiger partial charge < -0.3 is 14.4 Å². The maximum atomic E-state index is 12.9. The highest BCUT2D eigenvalue weighted by Gasteiger charge is 2.42. The molecular weight excluding hydrogens is 402 g/mol. The number of piperazine rings is 1. The molecule has 2 aliphatic rings. The third-order valence-electron chi connectivity index (χ3n) is 5.27. The fourth-order valence-electron chi connectivity index (χ4n) is 3.73. The summed E-state index contributed by atoms with van der Waals surface area (Å²) in [6.45, 7) is 6.73. The Kier molecular flexibility index (Phi) is 6.99. The number of carbonyl (C=O) groups excluding carboxylic acids is 3. The molecule has 0 radical (unpaired) electrons.